The van der Waals surface area contributed by atoms with Crippen LogP contribution in [-0.2, 0) is 10.8 Å². The van der Waals surface area contributed by atoms with Gasteiger partial charge in [0.15, 0.2) is 0 Å². The predicted molar refractivity (Wildman–Crippen MR) is 42.4 cm³/mol. The molecular formula is C5H10N4OS. The first-order valence-corrected chi connectivity index (χ1v) is 4.62. The Labute approximate surface area is 66.9 Å². The van der Waals surface area contributed by atoms with Crippen molar-refractivity contribution in [3.63, 3.8) is 0 Å². The summed E-state index contributed by atoms with van der Waals surface area (Å²) in [6.45, 7) is 1.96. The molecule has 0 amide bonds. The van der Waals surface area contributed by atoms with Crippen LogP contribution in [0.15, 0.2) is 5.16 Å². The number of nitrogens with two attached hydrogens (primary N) is 1. The largest absolute Gasteiger partial charge is 0.366 e. The fourth-order valence-corrected chi connectivity index (χ4v) is 1.55. The van der Waals surface area contributed by atoms with Crippen molar-refractivity contribution >= 4 is 16.7 Å². The molecule has 0 fully saturated rings. The van der Waals surface area contributed by atoms with Crippen LogP contribution in [-0.4, -0.2) is 25.1 Å². The van der Waals surface area contributed by atoms with E-state index < -0.39 is 10.8 Å². The highest BCUT2D eigenvalue weighted by molar-refractivity contribution is 7.84. The average molecular weight is 174 g/mol. The zero-order chi connectivity index (χ0) is 8.27. The second kappa shape index (κ2) is 3.47. The van der Waals surface area contributed by atoms with Gasteiger partial charge in [-0.2, -0.15) is 4.98 Å². The lowest BCUT2D eigenvalue weighted by atomic mass is 10.6. The van der Waals surface area contributed by atoms with Gasteiger partial charge in [0.2, 0.25) is 11.1 Å². The molecule has 1 heterocycles. The number of hydrogen-bond acceptors (Lipinski definition) is 4. The Balaban J connectivity index is 2.69. The van der Waals surface area contributed by atoms with E-state index in [0.29, 0.717) is 10.9 Å². The topological polar surface area (TPSA) is 84.7 Å². The highest BCUT2D eigenvalue weighted by Crippen LogP contribution is 2.00. The number of aromatic amines is 1. The van der Waals surface area contributed by atoms with Gasteiger partial charge in [-0.25, -0.2) is 0 Å². The predicted octanol–water partition coefficient (Wildman–Crippen LogP) is -0.0955. The third kappa shape index (κ3) is 2.01. The van der Waals surface area contributed by atoms with E-state index in [0.717, 1.165) is 6.42 Å². The van der Waals surface area contributed by atoms with E-state index in [-0.39, 0.29) is 5.95 Å². The minimum atomic E-state index is -1.07. The van der Waals surface area contributed by atoms with Crippen LogP contribution in [0, 0.1) is 0 Å². The van der Waals surface area contributed by atoms with Crippen molar-refractivity contribution in [1.29, 1.82) is 0 Å². The Morgan fingerprint density at radius 2 is 2.45 bits per heavy atom. The molecule has 0 saturated carbocycles. The standard InChI is InChI=1S/C5H10N4OS/c1-2-3-11(10)5-7-4(6)8-9-5/h2-3H2,1H3,(H3,6,7,8,9)/t11-/m1/s1. The minimum absolute atomic E-state index is 0.143. The maximum atomic E-state index is 11.2. The fourth-order valence-electron chi connectivity index (χ4n) is 0.643. The monoisotopic (exact) mass is 174 g/mol. The second-order valence-electron chi connectivity index (χ2n) is 2.05. The summed E-state index contributed by atoms with van der Waals surface area (Å²) in [7, 11) is -1.07. The van der Waals surface area contributed by atoms with Crippen LogP contribution in [0.4, 0.5) is 5.95 Å². The van der Waals surface area contributed by atoms with Crippen molar-refractivity contribution in [3.8, 4) is 0 Å². The third-order valence-corrected chi connectivity index (χ3v) is 2.48. The first kappa shape index (κ1) is 8.19. The SMILES string of the molecule is CCC[S@@](=O)c1nc(N)n[nH]1. The molecule has 1 aromatic rings. The van der Waals surface area contributed by atoms with Crippen LogP contribution in [0.25, 0.3) is 0 Å². The summed E-state index contributed by atoms with van der Waals surface area (Å²) in [5.41, 5.74) is 5.22. The Kier molecular flexibility index (Phi) is 2.58. The molecule has 0 spiro atoms. The van der Waals surface area contributed by atoms with E-state index in [2.05, 4.69) is 15.2 Å². The Morgan fingerprint density at radius 3 is 2.91 bits per heavy atom. The fraction of sp³-hybridized carbons (Fsp3) is 0.600. The molecule has 6 heteroatoms. The Hall–Kier alpha value is -0.910. The van der Waals surface area contributed by atoms with Gasteiger partial charge in [-0.3, -0.25) is 9.31 Å². The zero-order valence-electron chi connectivity index (χ0n) is 6.20. The summed E-state index contributed by atoms with van der Waals surface area (Å²) in [4.78, 5) is 3.74. The van der Waals surface area contributed by atoms with Crippen LogP contribution < -0.4 is 5.73 Å². The van der Waals surface area contributed by atoms with E-state index >= 15 is 0 Å². The molecule has 1 aromatic heterocycles. The zero-order valence-corrected chi connectivity index (χ0v) is 7.02. The number of aromatic nitrogens is 3. The number of rotatable bonds is 3. The highest BCUT2D eigenvalue weighted by Gasteiger charge is 2.06. The highest BCUT2D eigenvalue weighted by atomic mass is 32.2. The number of nitrogens with zero attached hydrogens (tertiary/aromatic N) is 2. The number of anilines is 1. The van der Waals surface area contributed by atoms with Crippen LogP contribution in [0.1, 0.15) is 13.3 Å². The van der Waals surface area contributed by atoms with Gasteiger partial charge in [-0.1, -0.05) is 6.92 Å². The summed E-state index contributed by atoms with van der Waals surface area (Å²) in [6.07, 6.45) is 0.854. The molecule has 62 valence electrons. The van der Waals surface area contributed by atoms with Crippen molar-refractivity contribution in [2.24, 2.45) is 0 Å². The smallest absolute Gasteiger partial charge is 0.240 e. The van der Waals surface area contributed by atoms with Crippen molar-refractivity contribution in [1.82, 2.24) is 15.2 Å². The Bertz CT molecular complexity index is 259. The van der Waals surface area contributed by atoms with Crippen molar-refractivity contribution in [2.75, 3.05) is 11.5 Å². The molecule has 0 aromatic carbocycles. The van der Waals surface area contributed by atoms with E-state index in [1.807, 2.05) is 6.92 Å². The second-order valence-corrected chi connectivity index (χ2v) is 3.53. The lowest BCUT2D eigenvalue weighted by Gasteiger charge is -1.91. The molecule has 0 aliphatic heterocycles. The summed E-state index contributed by atoms with van der Waals surface area (Å²) in [5.74, 6) is 0.735. The summed E-state index contributed by atoms with van der Waals surface area (Å²) in [5, 5.41) is 6.44. The Morgan fingerprint density at radius 1 is 1.73 bits per heavy atom. The van der Waals surface area contributed by atoms with Crippen molar-refractivity contribution < 1.29 is 4.21 Å². The van der Waals surface area contributed by atoms with Gasteiger partial charge in [0.1, 0.15) is 0 Å². The molecule has 0 radical (unpaired) electrons. The lowest BCUT2D eigenvalue weighted by Crippen LogP contribution is -1.98. The van der Waals surface area contributed by atoms with Crippen LogP contribution in [0.5, 0.6) is 0 Å². The van der Waals surface area contributed by atoms with Gasteiger partial charge >= 0.3 is 0 Å². The van der Waals surface area contributed by atoms with Crippen molar-refractivity contribution in [3.05, 3.63) is 0 Å². The quantitative estimate of drug-likeness (QED) is 0.670. The minimum Gasteiger partial charge on any atom is -0.366 e. The lowest BCUT2D eigenvalue weighted by molar-refractivity contribution is 0.675. The maximum absolute atomic E-state index is 11.2. The molecule has 0 bridgehead atoms. The summed E-state index contributed by atoms with van der Waals surface area (Å²) < 4.78 is 11.2. The first-order chi connectivity index (χ1) is 5.24. The van der Waals surface area contributed by atoms with Crippen LogP contribution >= 0.6 is 0 Å². The molecule has 11 heavy (non-hydrogen) atoms. The first-order valence-electron chi connectivity index (χ1n) is 3.30. The molecule has 1 rings (SSSR count). The van der Waals surface area contributed by atoms with Gasteiger partial charge in [-0.05, 0) is 6.42 Å². The molecule has 0 saturated heterocycles. The van der Waals surface area contributed by atoms with Gasteiger partial charge in [0.25, 0.3) is 0 Å². The molecule has 3 N–H and O–H groups in total. The number of nitrogen functional groups attached to an aromatic ring is 1. The molecule has 1 atom stereocenters. The maximum Gasteiger partial charge on any atom is 0.240 e. The van der Waals surface area contributed by atoms with E-state index in [4.69, 9.17) is 5.73 Å². The molecule has 0 aliphatic carbocycles. The summed E-state index contributed by atoms with van der Waals surface area (Å²) >= 11 is 0. The normalized spacial score (nSPS) is 13.2. The average Bonchev–Trinajstić information content (AvgIpc) is 2.36. The van der Waals surface area contributed by atoms with Gasteiger partial charge in [0.05, 0.1) is 10.8 Å². The number of hydrogen-bond donors (Lipinski definition) is 2. The summed E-state index contributed by atoms with van der Waals surface area (Å²) in [6, 6.07) is 0. The van der Waals surface area contributed by atoms with Crippen LogP contribution in [0.2, 0.25) is 0 Å². The van der Waals surface area contributed by atoms with E-state index in [1.54, 1.807) is 0 Å². The number of nitrogens with one attached hydrogen (secondary N) is 1. The van der Waals surface area contributed by atoms with Crippen LogP contribution in [0.3, 0.4) is 0 Å². The molecule has 5 nitrogen and oxygen atoms in total. The van der Waals surface area contributed by atoms with Gasteiger partial charge < -0.3 is 5.73 Å². The third-order valence-electron chi connectivity index (χ3n) is 1.09. The molecular weight excluding hydrogens is 164 g/mol. The van der Waals surface area contributed by atoms with Gasteiger partial charge in [0, 0.05) is 5.75 Å². The molecule has 0 unspecified atom stereocenters. The van der Waals surface area contributed by atoms with E-state index in [1.165, 1.54) is 0 Å². The van der Waals surface area contributed by atoms with Crippen molar-refractivity contribution in [2.45, 2.75) is 18.5 Å². The molecule has 0 aliphatic rings. The number of H-pyrrole nitrogens is 1. The van der Waals surface area contributed by atoms with E-state index in [9.17, 15) is 4.21 Å². The van der Waals surface area contributed by atoms with Gasteiger partial charge in [-0.15, -0.1) is 5.10 Å².